The minimum atomic E-state index is -0.114. The molecule has 1 unspecified atom stereocenters. The van der Waals surface area contributed by atoms with Gasteiger partial charge in [-0.2, -0.15) is 4.98 Å². The summed E-state index contributed by atoms with van der Waals surface area (Å²) in [5, 5.41) is 6.99. The van der Waals surface area contributed by atoms with Crippen LogP contribution < -0.4 is 5.32 Å². The highest BCUT2D eigenvalue weighted by Gasteiger charge is 2.29. The monoisotopic (exact) mass is 337 g/mol. The number of nitrogens with one attached hydrogen (secondary N) is 1. The molecule has 1 aromatic carbocycles. The summed E-state index contributed by atoms with van der Waals surface area (Å²) in [5.41, 5.74) is 1.44. The molecule has 2 aromatic heterocycles. The third-order valence-electron chi connectivity index (χ3n) is 4.24. The number of carbonyl (C=O) groups is 1. The van der Waals surface area contributed by atoms with Crippen LogP contribution in [0.1, 0.15) is 47.7 Å². The molecule has 0 radical (unpaired) electrons. The Bertz CT molecular complexity index is 848. The first-order valence-corrected chi connectivity index (χ1v) is 8.46. The van der Waals surface area contributed by atoms with Crippen LogP contribution in [0.2, 0.25) is 0 Å². The summed E-state index contributed by atoms with van der Waals surface area (Å²) in [6.07, 6.45) is 4.53. The third kappa shape index (κ3) is 3.63. The molecule has 0 aliphatic heterocycles. The second-order valence-corrected chi connectivity index (χ2v) is 6.47. The minimum absolute atomic E-state index is 0.0170. The van der Waals surface area contributed by atoms with Crippen LogP contribution in [0.5, 0.6) is 0 Å². The number of rotatable bonds is 6. The molecule has 4 rings (SSSR count). The molecule has 1 aliphatic rings. The molecule has 2 heterocycles. The fourth-order valence-corrected chi connectivity index (χ4v) is 2.71. The van der Waals surface area contributed by atoms with Crippen molar-refractivity contribution in [1.82, 2.24) is 15.5 Å². The van der Waals surface area contributed by atoms with Gasteiger partial charge in [-0.05, 0) is 44.0 Å². The molecule has 6 heteroatoms. The number of aromatic nitrogens is 2. The summed E-state index contributed by atoms with van der Waals surface area (Å²) >= 11 is 0. The molecular weight excluding hydrogens is 318 g/mol. The molecule has 1 amide bonds. The van der Waals surface area contributed by atoms with E-state index in [9.17, 15) is 4.79 Å². The predicted octanol–water partition coefficient (Wildman–Crippen LogP) is 3.57. The van der Waals surface area contributed by atoms with Crippen LogP contribution in [0.4, 0.5) is 0 Å². The second kappa shape index (κ2) is 6.55. The van der Waals surface area contributed by atoms with Crippen LogP contribution in [-0.4, -0.2) is 22.1 Å². The maximum absolute atomic E-state index is 12.3. The van der Waals surface area contributed by atoms with E-state index < -0.39 is 0 Å². The smallest absolute Gasteiger partial charge is 0.251 e. The summed E-state index contributed by atoms with van der Waals surface area (Å²) in [6.45, 7) is 1.95. The first-order valence-electron chi connectivity index (χ1n) is 8.46. The number of nitrogens with zero attached hydrogens (tertiary/aromatic N) is 2. The van der Waals surface area contributed by atoms with Crippen molar-refractivity contribution in [2.24, 2.45) is 0 Å². The zero-order valence-electron chi connectivity index (χ0n) is 13.9. The molecule has 1 N–H and O–H groups in total. The Labute approximate surface area is 145 Å². The van der Waals surface area contributed by atoms with Crippen molar-refractivity contribution >= 4 is 5.91 Å². The summed E-state index contributed by atoms with van der Waals surface area (Å²) in [5.74, 6) is 2.45. The summed E-state index contributed by atoms with van der Waals surface area (Å²) < 4.78 is 10.6. The number of carbonyl (C=O) groups excluding carboxylic acids is 1. The lowest BCUT2D eigenvalue weighted by atomic mass is 10.1. The van der Waals surface area contributed by atoms with E-state index in [1.54, 1.807) is 18.4 Å². The lowest BCUT2D eigenvalue weighted by Gasteiger charge is -2.12. The zero-order chi connectivity index (χ0) is 17.2. The molecule has 1 aliphatic carbocycles. The van der Waals surface area contributed by atoms with Crippen LogP contribution in [-0.2, 0) is 6.42 Å². The largest absolute Gasteiger partial charge is 0.469 e. The van der Waals surface area contributed by atoms with Gasteiger partial charge in [-0.15, -0.1) is 0 Å². The average Bonchev–Trinajstić information content (AvgIpc) is 3.13. The van der Waals surface area contributed by atoms with E-state index in [4.69, 9.17) is 8.94 Å². The van der Waals surface area contributed by atoms with Crippen molar-refractivity contribution in [2.75, 3.05) is 0 Å². The minimum Gasteiger partial charge on any atom is -0.469 e. The highest BCUT2D eigenvalue weighted by atomic mass is 16.5. The molecule has 0 spiro atoms. The Morgan fingerprint density at radius 1 is 1.28 bits per heavy atom. The highest BCUT2D eigenvalue weighted by Crippen LogP contribution is 2.39. The van der Waals surface area contributed by atoms with E-state index in [0.717, 1.165) is 24.2 Å². The van der Waals surface area contributed by atoms with E-state index in [-0.39, 0.29) is 11.9 Å². The van der Waals surface area contributed by atoms with Crippen molar-refractivity contribution in [2.45, 2.75) is 38.1 Å². The van der Waals surface area contributed by atoms with Crippen molar-refractivity contribution in [3.8, 4) is 11.4 Å². The average molecular weight is 337 g/mol. The molecule has 128 valence electrons. The second-order valence-electron chi connectivity index (χ2n) is 6.47. The highest BCUT2D eigenvalue weighted by molar-refractivity contribution is 5.94. The first-order chi connectivity index (χ1) is 12.2. The molecule has 1 atom stereocenters. The van der Waals surface area contributed by atoms with Crippen LogP contribution in [0.25, 0.3) is 11.4 Å². The number of hydrogen-bond acceptors (Lipinski definition) is 5. The van der Waals surface area contributed by atoms with Gasteiger partial charge in [-0.1, -0.05) is 17.3 Å². The predicted molar refractivity (Wildman–Crippen MR) is 91.0 cm³/mol. The molecule has 0 saturated heterocycles. The quantitative estimate of drug-likeness (QED) is 0.743. The molecule has 1 saturated carbocycles. The standard InChI is InChI=1S/C19H19N3O3/c1-12(11-16-3-2-10-24-16)20-18(23)14-6-4-13(5-7-14)17-21-19(25-22-17)15-8-9-15/h2-7,10,12,15H,8-9,11H2,1H3,(H,20,23). The van der Waals surface area contributed by atoms with Crippen molar-refractivity contribution in [3.63, 3.8) is 0 Å². The summed E-state index contributed by atoms with van der Waals surface area (Å²) in [6, 6.07) is 11.0. The molecule has 0 bridgehead atoms. The molecular formula is C19H19N3O3. The van der Waals surface area contributed by atoms with E-state index in [2.05, 4.69) is 15.5 Å². The van der Waals surface area contributed by atoms with Crippen LogP contribution in [0, 0.1) is 0 Å². The van der Waals surface area contributed by atoms with Gasteiger partial charge in [0.1, 0.15) is 5.76 Å². The summed E-state index contributed by atoms with van der Waals surface area (Å²) in [4.78, 5) is 16.8. The fraction of sp³-hybridized carbons (Fsp3) is 0.316. The Morgan fingerprint density at radius 3 is 2.76 bits per heavy atom. The van der Waals surface area contributed by atoms with Gasteiger partial charge in [-0.25, -0.2) is 0 Å². The van der Waals surface area contributed by atoms with E-state index in [1.165, 1.54) is 0 Å². The SMILES string of the molecule is CC(Cc1ccco1)NC(=O)c1ccc(-c2noc(C3CC3)n2)cc1. The van der Waals surface area contributed by atoms with Gasteiger partial charge in [0.2, 0.25) is 11.7 Å². The van der Waals surface area contributed by atoms with Crippen molar-refractivity contribution < 1.29 is 13.7 Å². The lowest BCUT2D eigenvalue weighted by molar-refractivity contribution is 0.0939. The Kier molecular flexibility index (Phi) is 4.09. The topological polar surface area (TPSA) is 81.2 Å². The maximum Gasteiger partial charge on any atom is 0.251 e. The Morgan fingerprint density at radius 2 is 2.08 bits per heavy atom. The number of amides is 1. The van der Waals surface area contributed by atoms with E-state index in [0.29, 0.717) is 29.6 Å². The number of benzene rings is 1. The lowest BCUT2D eigenvalue weighted by Crippen LogP contribution is -2.33. The van der Waals surface area contributed by atoms with Gasteiger partial charge in [0.05, 0.1) is 6.26 Å². The maximum atomic E-state index is 12.3. The number of furan rings is 1. The first kappa shape index (κ1) is 15.6. The van der Waals surface area contributed by atoms with Gasteiger partial charge < -0.3 is 14.3 Å². The van der Waals surface area contributed by atoms with Gasteiger partial charge in [0.25, 0.3) is 5.91 Å². The number of hydrogen-bond donors (Lipinski definition) is 1. The normalized spacial score (nSPS) is 15.1. The Hall–Kier alpha value is -2.89. The zero-order valence-corrected chi connectivity index (χ0v) is 13.9. The van der Waals surface area contributed by atoms with Crippen molar-refractivity contribution in [1.29, 1.82) is 0 Å². The molecule has 1 fully saturated rings. The van der Waals surface area contributed by atoms with Gasteiger partial charge in [0, 0.05) is 29.5 Å². The van der Waals surface area contributed by atoms with Gasteiger partial charge >= 0.3 is 0 Å². The van der Waals surface area contributed by atoms with E-state index in [1.807, 2.05) is 31.2 Å². The van der Waals surface area contributed by atoms with Crippen LogP contribution in [0.3, 0.4) is 0 Å². The molecule has 6 nitrogen and oxygen atoms in total. The van der Waals surface area contributed by atoms with E-state index >= 15 is 0 Å². The van der Waals surface area contributed by atoms with Crippen LogP contribution in [0.15, 0.2) is 51.6 Å². The van der Waals surface area contributed by atoms with Gasteiger partial charge in [-0.3, -0.25) is 4.79 Å². The molecule has 25 heavy (non-hydrogen) atoms. The van der Waals surface area contributed by atoms with Crippen LogP contribution >= 0.6 is 0 Å². The van der Waals surface area contributed by atoms with Gasteiger partial charge in [0.15, 0.2) is 0 Å². The Balaban J connectivity index is 1.39. The third-order valence-corrected chi connectivity index (χ3v) is 4.24. The fourth-order valence-electron chi connectivity index (χ4n) is 2.71. The van der Waals surface area contributed by atoms with Crippen molar-refractivity contribution in [3.05, 3.63) is 59.9 Å². The molecule has 3 aromatic rings. The summed E-state index contributed by atoms with van der Waals surface area (Å²) in [7, 11) is 0.